The summed E-state index contributed by atoms with van der Waals surface area (Å²) in [4.78, 5) is 25.5. The summed E-state index contributed by atoms with van der Waals surface area (Å²) in [5.74, 6) is 2.52. The topological polar surface area (TPSA) is 84.2 Å². The maximum Gasteiger partial charge on any atom is 0.238 e. The molecule has 0 aliphatic carbocycles. The SMILES string of the molecule is c1ccc(-c2nc(-c3ccccc3)nc(-n3c4ccccc4c4cc(-c5ccc(-c6ccc7c(c6)c6ccccc6n7-c6ccc7c(ccc8ccccc87)c6)cc5)ccc43)n2)cc1.c1ccc(-c2nc(-n3c4ccccc4c4cc(-c5ccc(-c6ccc7c(c6)c6ccccc6n7-c6ccccc6)cc5)ccc43)nc3ccccc23)cc1. The van der Waals surface area contributed by atoms with E-state index in [1.807, 2.05) is 72.8 Å². The Balaban J connectivity index is 0.000000140. The van der Waals surface area contributed by atoms with Crippen molar-refractivity contribution in [1.29, 1.82) is 0 Å². The van der Waals surface area contributed by atoms with Gasteiger partial charge in [-0.25, -0.2) is 15.0 Å². The summed E-state index contributed by atoms with van der Waals surface area (Å²) in [6.45, 7) is 0. The van der Waals surface area contributed by atoms with Gasteiger partial charge in [0.1, 0.15) is 0 Å². The molecular formula is C109H69N9. The van der Waals surface area contributed by atoms with Crippen LogP contribution < -0.4 is 0 Å². The lowest BCUT2D eigenvalue weighted by Gasteiger charge is -2.12. The zero-order chi connectivity index (χ0) is 77.7. The monoisotopic (exact) mass is 1500 g/mol. The molecule has 0 unspecified atom stereocenters. The highest BCUT2D eigenvalue weighted by atomic mass is 15.2. The lowest BCUT2D eigenvalue weighted by atomic mass is 9.98. The van der Waals surface area contributed by atoms with E-state index in [0.29, 0.717) is 23.5 Å². The van der Waals surface area contributed by atoms with Crippen molar-refractivity contribution in [3.8, 4) is 102 Å². The van der Waals surface area contributed by atoms with Gasteiger partial charge in [-0.1, -0.05) is 315 Å². The normalized spacial score (nSPS) is 11.7. The Bertz CT molecular complexity index is 8030. The first-order valence-corrected chi connectivity index (χ1v) is 40.0. The van der Waals surface area contributed by atoms with Crippen LogP contribution in [0.3, 0.4) is 0 Å². The molecule has 550 valence electrons. The zero-order valence-electron chi connectivity index (χ0n) is 63.9. The number of para-hydroxylation sites is 6. The van der Waals surface area contributed by atoms with Gasteiger partial charge in [0.25, 0.3) is 0 Å². The molecule has 6 aromatic heterocycles. The molecule has 0 amide bonds. The van der Waals surface area contributed by atoms with E-state index >= 15 is 0 Å². The number of fused-ring (bicyclic) bond motifs is 16. The molecular weight excluding hydrogens is 1440 g/mol. The van der Waals surface area contributed by atoms with Crippen LogP contribution in [-0.4, -0.2) is 43.2 Å². The summed E-state index contributed by atoms with van der Waals surface area (Å²) in [5.41, 5.74) is 25.6. The summed E-state index contributed by atoms with van der Waals surface area (Å²) in [7, 11) is 0. The summed E-state index contributed by atoms with van der Waals surface area (Å²) in [6.07, 6.45) is 0. The quantitative estimate of drug-likeness (QED) is 0.121. The molecule has 118 heavy (non-hydrogen) atoms. The molecule has 0 aliphatic heterocycles. The second-order valence-electron chi connectivity index (χ2n) is 30.3. The Hall–Kier alpha value is -16.0. The highest BCUT2D eigenvalue weighted by Gasteiger charge is 2.23. The fourth-order valence-corrected chi connectivity index (χ4v) is 17.9. The van der Waals surface area contributed by atoms with Crippen LogP contribution in [0.2, 0.25) is 0 Å². The van der Waals surface area contributed by atoms with Crippen LogP contribution in [0.15, 0.2) is 419 Å². The number of benzene rings is 18. The van der Waals surface area contributed by atoms with Crippen LogP contribution in [0.5, 0.6) is 0 Å². The van der Waals surface area contributed by atoms with Crippen molar-refractivity contribution >= 4 is 120 Å². The minimum absolute atomic E-state index is 0.585. The number of rotatable bonds is 11. The van der Waals surface area contributed by atoms with Crippen molar-refractivity contribution in [2.24, 2.45) is 0 Å². The van der Waals surface area contributed by atoms with Gasteiger partial charge in [0.05, 0.1) is 55.3 Å². The number of aromatic nitrogens is 9. The van der Waals surface area contributed by atoms with E-state index < -0.39 is 0 Å². The summed E-state index contributed by atoms with van der Waals surface area (Å²) >= 11 is 0. The first-order valence-electron chi connectivity index (χ1n) is 40.0. The van der Waals surface area contributed by atoms with Gasteiger partial charge in [0, 0.05) is 76.5 Å². The van der Waals surface area contributed by atoms with Crippen molar-refractivity contribution < 1.29 is 0 Å². The first-order chi connectivity index (χ1) is 58.5. The zero-order valence-corrected chi connectivity index (χ0v) is 63.9. The minimum Gasteiger partial charge on any atom is -0.309 e. The van der Waals surface area contributed by atoms with Crippen LogP contribution in [-0.2, 0) is 0 Å². The molecule has 0 spiro atoms. The molecule has 9 nitrogen and oxygen atoms in total. The van der Waals surface area contributed by atoms with Gasteiger partial charge < -0.3 is 9.13 Å². The van der Waals surface area contributed by atoms with E-state index in [9.17, 15) is 0 Å². The van der Waals surface area contributed by atoms with E-state index in [1.165, 1.54) is 115 Å². The predicted molar refractivity (Wildman–Crippen MR) is 490 cm³/mol. The van der Waals surface area contributed by atoms with E-state index in [-0.39, 0.29) is 0 Å². The third-order valence-electron chi connectivity index (χ3n) is 23.5. The Morgan fingerprint density at radius 1 is 0.153 bits per heavy atom. The molecule has 0 radical (unpaired) electrons. The molecule has 0 aliphatic rings. The molecule has 9 heteroatoms. The summed E-state index contributed by atoms with van der Waals surface area (Å²) < 4.78 is 9.15. The van der Waals surface area contributed by atoms with E-state index in [4.69, 9.17) is 24.9 Å². The van der Waals surface area contributed by atoms with Gasteiger partial charge in [0.2, 0.25) is 11.9 Å². The largest absolute Gasteiger partial charge is 0.309 e. The molecule has 18 aromatic carbocycles. The molecule has 0 N–H and O–H groups in total. The molecule has 0 saturated heterocycles. The number of hydrogen-bond donors (Lipinski definition) is 0. The van der Waals surface area contributed by atoms with E-state index in [2.05, 4.69) is 364 Å². The lowest BCUT2D eigenvalue weighted by Crippen LogP contribution is -2.06. The van der Waals surface area contributed by atoms with Gasteiger partial charge in [-0.15, -0.1) is 0 Å². The van der Waals surface area contributed by atoms with Crippen molar-refractivity contribution in [1.82, 2.24) is 43.2 Å². The van der Waals surface area contributed by atoms with Gasteiger partial charge >= 0.3 is 0 Å². The van der Waals surface area contributed by atoms with E-state index in [1.54, 1.807) is 0 Å². The summed E-state index contributed by atoms with van der Waals surface area (Å²) in [5, 5.41) is 15.7. The Morgan fingerprint density at radius 3 is 0.932 bits per heavy atom. The second-order valence-corrected chi connectivity index (χ2v) is 30.3. The van der Waals surface area contributed by atoms with Crippen LogP contribution >= 0.6 is 0 Å². The average Bonchev–Trinajstić information content (AvgIpc) is 1.51. The number of nitrogens with zero attached hydrogens (tertiary/aromatic N) is 9. The molecule has 0 atom stereocenters. The molecule has 0 saturated carbocycles. The molecule has 0 fully saturated rings. The van der Waals surface area contributed by atoms with Crippen LogP contribution in [0.1, 0.15) is 0 Å². The van der Waals surface area contributed by atoms with Crippen LogP contribution in [0.25, 0.3) is 221 Å². The number of hydrogen-bond acceptors (Lipinski definition) is 5. The summed E-state index contributed by atoms with van der Waals surface area (Å²) in [6, 6.07) is 149. The van der Waals surface area contributed by atoms with Crippen molar-refractivity contribution in [2.45, 2.75) is 0 Å². The van der Waals surface area contributed by atoms with Crippen LogP contribution in [0.4, 0.5) is 0 Å². The van der Waals surface area contributed by atoms with Crippen molar-refractivity contribution in [3.63, 3.8) is 0 Å². The highest BCUT2D eigenvalue weighted by molar-refractivity contribution is 6.15. The van der Waals surface area contributed by atoms with Crippen LogP contribution in [0, 0.1) is 0 Å². The highest BCUT2D eigenvalue weighted by Crippen LogP contribution is 2.43. The van der Waals surface area contributed by atoms with Gasteiger partial charge in [-0.2, -0.15) is 9.97 Å². The standard InChI is InChI=1S/C59H37N5.C50H32N4/c1-3-14-41(15-4-1)57-60-58(42-16-5-2-6-17-42)62-59(61-57)64-54-22-12-10-20-50(54)52-37-44(30-34-56(52)64)39-25-23-38(24-26-39)43-29-33-55-51(36-43)49-19-9-11-21-53(49)63(55)46-31-32-48-45(35-46)28-27-40-13-7-8-18-47(40)48;1-3-13-35(14-4-1)49-41-19-7-10-20-44(41)51-50(52-49)54-46-22-12-9-18-40(46)43-32-37(28-30-48(43)54)34-25-23-33(24-26-34)36-27-29-47-42(31-36)39-17-8-11-21-45(39)53(47)38-15-5-2-6-16-38/h1-37H;1-32H. The minimum atomic E-state index is 0.585. The van der Waals surface area contributed by atoms with Gasteiger partial charge in [-0.3, -0.25) is 9.13 Å². The first kappa shape index (κ1) is 67.7. The van der Waals surface area contributed by atoms with Gasteiger partial charge in [-0.05, 0) is 169 Å². The van der Waals surface area contributed by atoms with E-state index in [0.717, 1.165) is 82.9 Å². The Kier molecular flexibility index (Phi) is 16.1. The maximum atomic E-state index is 5.24. The Labute approximate surface area is 678 Å². The van der Waals surface area contributed by atoms with Crippen molar-refractivity contribution in [3.05, 3.63) is 419 Å². The molecule has 24 aromatic rings. The fourth-order valence-electron chi connectivity index (χ4n) is 17.9. The second kappa shape index (κ2) is 28.0. The smallest absolute Gasteiger partial charge is 0.238 e. The van der Waals surface area contributed by atoms with Crippen molar-refractivity contribution in [2.75, 3.05) is 0 Å². The average molecular weight is 1500 g/mol. The fraction of sp³-hybridized carbons (Fsp3) is 0. The molecule has 6 heterocycles. The van der Waals surface area contributed by atoms with Gasteiger partial charge in [0.15, 0.2) is 11.6 Å². The third kappa shape index (κ3) is 11.5. The maximum absolute atomic E-state index is 5.24. The third-order valence-corrected chi connectivity index (χ3v) is 23.5. The predicted octanol–water partition coefficient (Wildman–Crippen LogP) is 27.9. The lowest BCUT2D eigenvalue weighted by molar-refractivity contribution is 0.953. The molecule has 0 bridgehead atoms. The Morgan fingerprint density at radius 2 is 0.475 bits per heavy atom. The molecule has 24 rings (SSSR count).